The van der Waals surface area contributed by atoms with Gasteiger partial charge >= 0.3 is 0 Å². The molecule has 0 fully saturated rings. The Bertz CT molecular complexity index is 376. The number of hydrogen-bond donors (Lipinski definition) is 1. The average Bonchev–Trinajstić information content (AvgIpc) is 2.61. The van der Waals surface area contributed by atoms with E-state index in [1.807, 2.05) is 46.8 Å². The minimum Gasteiger partial charge on any atom is -0.464 e. The van der Waals surface area contributed by atoms with E-state index >= 15 is 0 Å². The third kappa shape index (κ3) is 5.04. The zero-order valence-electron chi connectivity index (χ0n) is 11.2. The van der Waals surface area contributed by atoms with Crippen molar-refractivity contribution in [2.45, 2.75) is 46.3 Å². The standard InChI is InChI=1S/C13H21NO3/c1-9-6-7-11(17-9)10(2)14-12(15)8-16-13(3,4)5/h6-7,10H,8H2,1-5H3,(H,14,15). The molecule has 0 spiro atoms. The summed E-state index contributed by atoms with van der Waals surface area (Å²) in [5, 5.41) is 2.82. The summed E-state index contributed by atoms with van der Waals surface area (Å²) in [5.41, 5.74) is -0.304. The van der Waals surface area contributed by atoms with Crippen LogP contribution in [0.5, 0.6) is 0 Å². The Hall–Kier alpha value is -1.29. The highest BCUT2D eigenvalue weighted by atomic mass is 16.5. The number of carbonyl (C=O) groups is 1. The van der Waals surface area contributed by atoms with Crippen molar-refractivity contribution >= 4 is 5.91 Å². The molecular weight excluding hydrogens is 218 g/mol. The van der Waals surface area contributed by atoms with E-state index in [0.717, 1.165) is 11.5 Å². The van der Waals surface area contributed by atoms with E-state index in [0.29, 0.717) is 0 Å². The zero-order valence-corrected chi connectivity index (χ0v) is 11.2. The summed E-state index contributed by atoms with van der Waals surface area (Å²) < 4.78 is 10.8. The third-order valence-corrected chi connectivity index (χ3v) is 2.20. The second-order valence-electron chi connectivity index (χ2n) is 5.14. The van der Waals surface area contributed by atoms with Crippen molar-refractivity contribution in [1.29, 1.82) is 0 Å². The summed E-state index contributed by atoms with van der Waals surface area (Å²) in [6.45, 7) is 9.57. The first kappa shape index (κ1) is 13.8. The van der Waals surface area contributed by atoms with E-state index in [2.05, 4.69) is 5.32 Å². The first-order valence-electron chi connectivity index (χ1n) is 5.77. The van der Waals surface area contributed by atoms with Crippen LogP contribution in [0.4, 0.5) is 0 Å². The highest BCUT2D eigenvalue weighted by molar-refractivity contribution is 5.77. The largest absolute Gasteiger partial charge is 0.464 e. The van der Waals surface area contributed by atoms with Crippen LogP contribution in [0.2, 0.25) is 0 Å². The number of nitrogens with one attached hydrogen (secondary N) is 1. The molecule has 0 radical (unpaired) electrons. The number of rotatable bonds is 4. The fourth-order valence-corrected chi connectivity index (χ4v) is 1.32. The van der Waals surface area contributed by atoms with E-state index in [1.54, 1.807) is 0 Å². The molecule has 17 heavy (non-hydrogen) atoms. The summed E-state index contributed by atoms with van der Waals surface area (Å²) in [4.78, 5) is 11.6. The summed E-state index contributed by atoms with van der Waals surface area (Å²) in [6.07, 6.45) is 0. The maximum Gasteiger partial charge on any atom is 0.246 e. The van der Waals surface area contributed by atoms with E-state index in [1.165, 1.54) is 0 Å². The summed E-state index contributed by atoms with van der Waals surface area (Å²) in [6, 6.07) is 3.61. The number of furan rings is 1. The second-order valence-corrected chi connectivity index (χ2v) is 5.14. The quantitative estimate of drug-likeness (QED) is 0.878. The number of carbonyl (C=O) groups excluding carboxylic acids is 1. The summed E-state index contributed by atoms with van der Waals surface area (Å²) >= 11 is 0. The van der Waals surface area contributed by atoms with E-state index in [9.17, 15) is 4.79 Å². The van der Waals surface area contributed by atoms with Crippen LogP contribution < -0.4 is 5.32 Å². The Balaban J connectivity index is 2.41. The van der Waals surface area contributed by atoms with E-state index in [4.69, 9.17) is 9.15 Å². The maximum atomic E-state index is 11.6. The molecule has 1 aromatic heterocycles. The van der Waals surface area contributed by atoms with Crippen molar-refractivity contribution in [3.05, 3.63) is 23.7 Å². The van der Waals surface area contributed by atoms with Crippen LogP contribution in [-0.4, -0.2) is 18.1 Å². The Kier molecular flexibility index (Phi) is 4.34. The second kappa shape index (κ2) is 5.36. The lowest BCUT2D eigenvalue weighted by atomic mass is 10.2. The Morgan fingerprint density at radius 1 is 1.47 bits per heavy atom. The van der Waals surface area contributed by atoms with E-state index in [-0.39, 0.29) is 24.2 Å². The average molecular weight is 239 g/mol. The van der Waals surface area contributed by atoms with Crippen LogP contribution in [0.25, 0.3) is 0 Å². The molecule has 0 saturated carbocycles. The summed E-state index contributed by atoms with van der Waals surface area (Å²) in [5.74, 6) is 1.46. The fraction of sp³-hybridized carbons (Fsp3) is 0.615. The van der Waals surface area contributed by atoms with Gasteiger partial charge in [-0.1, -0.05) is 0 Å². The van der Waals surface area contributed by atoms with Crippen molar-refractivity contribution in [1.82, 2.24) is 5.32 Å². The molecule has 1 unspecified atom stereocenters. The van der Waals surface area contributed by atoms with Gasteiger partial charge in [-0.2, -0.15) is 0 Å². The van der Waals surface area contributed by atoms with Gasteiger partial charge in [-0.3, -0.25) is 4.79 Å². The molecule has 0 aromatic carbocycles. The molecule has 0 aliphatic heterocycles. The molecule has 0 bridgehead atoms. The van der Waals surface area contributed by atoms with Crippen LogP contribution in [0.1, 0.15) is 45.3 Å². The molecule has 1 atom stereocenters. The molecule has 96 valence electrons. The molecular formula is C13H21NO3. The van der Waals surface area contributed by atoms with Crippen molar-refractivity contribution in [3.8, 4) is 0 Å². The zero-order chi connectivity index (χ0) is 13.1. The molecule has 0 saturated heterocycles. The minimum absolute atomic E-state index is 0.0630. The molecule has 0 aliphatic rings. The topological polar surface area (TPSA) is 51.5 Å². The molecule has 1 heterocycles. The van der Waals surface area contributed by atoms with Gasteiger partial charge in [-0.25, -0.2) is 0 Å². The van der Waals surface area contributed by atoms with Crippen LogP contribution in [0.3, 0.4) is 0 Å². The van der Waals surface area contributed by atoms with Gasteiger partial charge in [0.25, 0.3) is 0 Å². The normalized spacial score (nSPS) is 13.5. The number of aryl methyl sites for hydroxylation is 1. The molecule has 0 aliphatic carbocycles. The SMILES string of the molecule is Cc1ccc(C(C)NC(=O)COC(C)(C)C)o1. The monoisotopic (exact) mass is 239 g/mol. The molecule has 1 N–H and O–H groups in total. The first-order chi connectivity index (χ1) is 7.78. The third-order valence-electron chi connectivity index (χ3n) is 2.20. The highest BCUT2D eigenvalue weighted by Gasteiger charge is 2.16. The van der Waals surface area contributed by atoms with Gasteiger partial charge in [0.2, 0.25) is 5.91 Å². The summed E-state index contributed by atoms with van der Waals surface area (Å²) in [7, 11) is 0. The Morgan fingerprint density at radius 2 is 2.12 bits per heavy atom. The van der Waals surface area contributed by atoms with Crippen LogP contribution >= 0.6 is 0 Å². The molecule has 4 nitrogen and oxygen atoms in total. The predicted octanol–water partition coefficient (Wildman–Crippen LogP) is 2.58. The van der Waals surface area contributed by atoms with Crippen LogP contribution in [0, 0.1) is 6.92 Å². The lowest BCUT2D eigenvalue weighted by molar-refractivity contribution is -0.131. The molecule has 4 heteroatoms. The van der Waals surface area contributed by atoms with Crippen molar-refractivity contribution < 1.29 is 13.9 Å². The van der Waals surface area contributed by atoms with Gasteiger partial charge in [-0.15, -0.1) is 0 Å². The Labute approximate surface area is 102 Å². The Morgan fingerprint density at radius 3 is 2.59 bits per heavy atom. The van der Waals surface area contributed by atoms with Gasteiger partial charge in [0, 0.05) is 0 Å². The van der Waals surface area contributed by atoms with Gasteiger partial charge in [-0.05, 0) is 46.8 Å². The van der Waals surface area contributed by atoms with E-state index < -0.39 is 0 Å². The van der Waals surface area contributed by atoms with Gasteiger partial charge in [0.15, 0.2) is 0 Å². The number of amides is 1. The molecule has 1 amide bonds. The lowest BCUT2D eigenvalue weighted by Gasteiger charge is -2.20. The highest BCUT2D eigenvalue weighted by Crippen LogP contribution is 2.15. The lowest BCUT2D eigenvalue weighted by Crippen LogP contribution is -2.33. The number of ether oxygens (including phenoxy) is 1. The smallest absolute Gasteiger partial charge is 0.246 e. The van der Waals surface area contributed by atoms with Crippen LogP contribution in [-0.2, 0) is 9.53 Å². The first-order valence-corrected chi connectivity index (χ1v) is 5.77. The van der Waals surface area contributed by atoms with Crippen molar-refractivity contribution in [2.24, 2.45) is 0 Å². The molecule has 1 rings (SSSR count). The number of hydrogen-bond acceptors (Lipinski definition) is 3. The minimum atomic E-state index is -0.304. The maximum absolute atomic E-state index is 11.6. The molecule has 1 aromatic rings. The van der Waals surface area contributed by atoms with Gasteiger partial charge in [0.05, 0.1) is 11.6 Å². The van der Waals surface area contributed by atoms with Gasteiger partial charge in [0.1, 0.15) is 18.1 Å². The predicted molar refractivity (Wildman–Crippen MR) is 65.7 cm³/mol. The van der Waals surface area contributed by atoms with Gasteiger partial charge < -0.3 is 14.5 Å². The van der Waals surface area contributed by atoms with Crippen molar-refractivity contribution in [3.63, 3.8) is 0 Å². The van der Waals surface area contributed by atoms with Crippen molar-refractivity contribution in [2.75, 3.05) is 6.61 Å². The fourth-order valence-electron chi connectivity index (χ4n) is 1.32. The van der Waals surface area contributed by atoms with Crippen LogP contribution in [0.15, 0.2) is 16.5 Å².